The molecular formula is C26H47N. The molecule has 1 heteroatoms. The van der Waals surface area contributed by atoms with Crippen LogP contribution in [-0.2, 0) is 6.42 Å². The second-order valence-electron chi connectivity index (χ2n) is 8.52. The maximum atomic E-state index is 6.28. The average Bonchev–Trinajstić information content (AvgIpc) is 2.70. The molecule has 27 heavy (non-hydrogen) atoms. The highest BCUT2D eigenvalue weighted by atomic mass is 14.6. The van der Waals surface area contributed by atoms with E-state index in [2.05, 4.69) is 37.3 Å². The maximum Gasteiger partial charge on any atom is 0.00419 e. The molecule has 1 rings (SSSR count). The lowest BCUT2D eigenvalue weighted by atomic mass is 10.00. The first-order valence-electron chi connectivity index (χ1n) is 12.1. The van der Waals surface area contributed by atoms with Gasteiger partial charge in [0.25, 0.3) is 0 Å². The molecule has 1 unspecified atom stereocenters. The largest absolute Gasteiger partial charge is 0.328 e. The summed E-state index contributed by atoms with van der Waals surface area (Å²) in [6.45, 7) is 2.29. The summed E-state index contributed by atoms with van der Waals surface area (Å²) in [5.74, 6) is 0. The summed E-state index contributed by atoms with van der Waals surface area (Å²) in [4.78, 5) is 0. The molecule has 0 aliphatic heterocycles. The quantitative estimate of drug-likeness (QED) is 0.243. The normalized spacial score (nSPS) is 12.4. The minimum atomic E-state index is 0.382. The van der Waals surface area contributed by atoms with E-state index in [9.17, 15) is 0 Å². The third kappa shape index (κ3) is 15.9. The highest BCUT2D eigenvalue weighted by molar-refractivity contribution is 5.14. The van der Waals surface area contributed by atoms with Crippen molar-refractivity contribution in [1.82, 2.24) is 0 Å². The molecule has 0 bridgehead atoms. The van der Waals surface area contributed by atoms with Crippen molar-refractivity contribution in [3.8, 4) is 0 Å². The predicted molar refractivity (Wildman–Crippen MR) is 122 cm³/mol. The summed E-state index contributed by atoms with van der Waals surface area (Å²) in [5, 5.41) is 0. The van der Waals surface area contributed by atoms with Crippen molar-refractivity contribution in [2.24, 2.45) is 5.73 Å². The molecule has 0 heterocycles. The predicted octanol–water partition coefficient (Wildman–Crippen LogP) is 8.21. The average molecular weight is 374 g/mol. The SMILES string of the molecule is CCCCCCCCCCCCCCCCCC(N)CCc1ccccc1. The number of nitrogens with two attached hydrogens (primary N) is 1. The van der Waals surface area contributed by atoms with Gasteiger partial charge in [-0.3, -0.25) is 0 Å². The first kappa shape index (κ1) is 24.2. The second kappa shape index (κ2) is 18.5. The molecule has 0 aliphatic rings. The fourth-order valence-corrected chi connectivity index (χ4v) is 3.92. The number of benzene rings is 1. The van der Waals surface area contributed by atoms with Crippen LogP contribution in [0.1, 0.15) is 122 Å². The molecule has 156 valence electrons. The number of aryl methyl sites for hydroxylation is 1. The summed E-state index contributed by atoms with van der Waals surface area (Å²) < 4.78 is 0. The molecule has 1 nitrogen and oxygen atoms in total. The fourth-order valence-electron chi connectivity index (χ4n) is 3.92. The van der Waals surface area contributed by atoms with Crippen LogP contribution in [0.25, 0.3) is 0 Å². The third-order valence-electron chi connectivity index (χ3n) is 5.83. The van der Waals surface area contributed by atoms with E-state index >= 15 is 0 Å². The molecule has 0 aliphatic carbocycles. The van der Waals surface area contributed by atoms with E-state index in [0.29, 0.717) is 6.04 Å². The van der Waals surface area contributed by atoms with E-state index in [1.54, 1.807) is 0 Å². The molecular weight excluding hydrogens is 326 g/mol. The molecule has 0 aromatic heterocycles. The molecule has 1 aromatic carbocycles. The molecule has 1 atom stereocenters. The standard InChI is InChI=1S/C26H47N/c1-2-3-4-5-6-7-8-9-10-11-12-13-14-15-19-22-26(27)24-23-25-20-17-16-18-21-25/h16-18,20-21,26H,2-15,19,22-24,27H2,1H3. The molecule has 0 radical (unpaired) electrons. The number of rotatable bonds is 19. The summed E-state index contributed by atoms with van der Waals surface area (Å²) in [6.07, 6.45) is 24.9. The van der Waals surface area contributed by atoms with Gasteiger partial charge in [-0.2, -0.15) is 0 Å². The van der Waals surface area contributed by atoms with Gasteiger partial charge in [0.05, 0.1) is 0 Å². The molecule has 0 spiro atoms. The van der Waals surface area contributed by atoms with Gasteiger partial charge in [-0.15, -0.1) is 0 Å². The van der Waals surface area contributed by atoms with Gasteiger partial charge < -0.3 is 5.73 Å². The van der Waals surface area contributed by atoms with Crippen LogP contribution in [0.5, 0.6) is 0 Å². The van der Waals surface area contributed by atoms with Gasteiger partial charge in [0, 0.05) is 6.04 Å². The Morgan fingerprint density at radius 1 is 0.593 bits per heavy atom. The Balaban J connectivity index is 1.76. The van der Waals surface area contributed by atoms with Gasteiger partial charge in [0.1, 0.15) is 0 Å². The van der Waals surface area contributed by atoms with E-state index < -0.39 is 0 Å². The molecule has 0 fully saturated rings. The fraction of sp³-hybridized carbons (Fsp3) is 0.769. The topological polar surface area (TPSA) is 26.0 Å². The zero-order valence-electron chi connectivity index (χ0n) is 18.3. The van der Waals surface area contributed by atoms with Crippen LogP contribution >= 0.6 is 0 Å². The lowest BCUT2D eigenvalue weighted by Crippen LogP contribution is -2.20. The van der Waals surface area contributed by atoms with Crippen molar-refractivity contribution in [3.63, 3.8) is 0 Å². The van der Waals surface area contributed by atoms with E-state index in [4.69, 9.17) is 5.73 Å². The van der Waals surface area contributed by atoms with Crippen molar-refractivity contribution in [2.45, 2.75) is 129 Å². The Hall–Kier alpha value is -0.820. The van der Waals surface area contributed by atoms with Crippen LogP contribution in [-0.4, -0.2) is 6.04 Å². The van der Waals surface area contributed by atoms with Gasteiger partial charge in [-0.05, 0) is 24.8 Å². The van der Waals surface area contributed by atoms with Crippen LogP contribution in [0.15, 0.2) is 30.3 Å². The number of hydrogen-bond acceptors (Lipinski definition) is 1. The lowest BCUT2D eigenvalue weighted by molar-refractivity contribution is 0.502. The highest BCUT2D eigenvalue weighted by Gasteiger charge is 2.03. The van der Waals surface area contributed by atoms with E-state index in [-0.39, 0.29) is 0 Å². The van der Waals surface area contributed by atoms with Crippen LogP contribution < -0.4 is 5.73 Å². The van der Waals surface area contributed by atoms with Crippen molar-refractivity contribution < 1.29 is 0 Å². The van der Waals surface area contributed by atoms with Crippen LogP contribution in [0.4, 0.5) is 0 Å². The minimum absolute atomic E-state index is 0.382. The molecule has 1 aromatic rings. The Bertz CT molecular complexity index is 400. The van der Waals surface area contributed by atoms with Gasteiger partial charge in [0.15, 0.2) is 0 Å². The zero-order valence-corrected chi connectivity index (χ0v) is 18.3. The summed E-state index contributed by atoms with van der Waals surface area (Å²) in [6, 6.07) is 11.1. The molecule has 0 saturated carbocycles. The number of hydrogen-bond donors (Lipinski definition) is 1. The van der Waals surface area contributed by atoms with Crippen LogP contribution in [0, 0.1) is 0 Å². The molecule has 2 N–H and O–H groups in total. The van der Waals surface area contributed by atoms with E-state index in [0.717, 1.165) is 12.8 Å². The first-order chi connectivity index (χ1) is 13.3. The second-order valence-corrected chi connectivity index (χ2v) is 8.52. The summed E-state index contributed by atoms with van der Waals surface area (Å²) >= 11 is 0. The summed E-state index contributed by atoms with van der Waals surface area (Å²) in [7, 11) is 0. The Morgan fingerprint density at radius 2 is 1.04 bits per heavy atom. The van der Waals surface area contributed by atoms with Gasteiger partial charge in [-0.1, -0.05) is 134 Å². The smallest absolute Gasteiger partial charge is 0.00419 e. The van der Waals surface area contributed by atoms with Crippen molar-refractivity contribution >= 4 is 0 Å². The minimum Gasteiger partial charge on any atom is -0.328 e. The van der Waals surface area contributed by atoms with E-state index in [1.807, 2.05) is 0 Å². The number of unbranched alkanes of at least 4 members (excludes halogenated alkanes) is 14. The van der Waals surface area contributed by atoms with Gasteiger partial charge in [-0.25, -0.2) is 0 Å². The Labute approximate surface area is 170 Å². The van der Waals surface area contributed by atoms with Crippen molar-refractivity contribution in [1.29, 1.82) is 0 Å². The van der Waals surface area contributed by atoms with Crippen molar-refractivity contribution in [2.75, 3.05) is 0 Å². The highest BCUT2D eigenvalue weighted by Crippen LogP contribution is 2.14. The lowest BCUT2D eigenvalue weighted by Gasteiger charge is -2.11. The van der Waals surface area contributed by atoms with Crippen molar-refractivity contribution in [3.05, 3.63) is 35.9 Å². The van der Waals surface area contributed by atoms with E-state index in [1.165, 1.54) is 108 Å². The van der Waals surface area contributed by atoms with Crippen LogP contribution in [0.3, 0.4) is 0 Å². The first-order valence-corrected chi connectivity index (χ1v) is 12.1. The Kier molecular flexibility index (Phi) is 16.6. The molecule has 0 amide bonds. The maximum absolute atomic E-state index is 6.28. The monoisotopic (exact) mass is 373 g/mol. The van der Waals surface area contributed by atoms with Gasteiger partial charge >= 0.3 is 0 Å². The summed E-state index contributed by atoms with van der Waals surface area (Å²) in [5.41, 5.74) is 7.70. The van der Waals surface area contributed by atoms with Crippen LogP contribution in [0.2, 0.25) is 0 Å². The zero-order chi connectivity index (χ0) is 19.4. The van der Waals surface area contributed by atoms with Gasteiger partial charge in [0.2, 0.25) is 0 Å². The third-order valence-corrected chi connectivity index (χ3v) is 5.83. The molecule has 0 saturated heterocycles. The Morgan fingerprint density at radius 3 is 1.52 bits per heavy atom.